The van der Waals surface area contributed by atoms with Gasteiger partial charge in [-0.25, -0.2) is 4.79 Å². The van der Waals surface area contributed by atoms with Gasteiger partial charge in [-0.2, -0.15) is 0 Å². The summed E-state index contributed by atoms with van der Waals surface area (Å²) in [6.45, 7) is 4.15. The first-order chi connectivity index (χ1) is 12.4. The molecule has 0 radical (unpaired) electrons. The SMILES string of the molecule is CC12c3ccccc3C(C)(c3ccccc31)[C@@H]1[C@H]2OC(=O)N1CC(=O)Cl. The van der Waals surface area contributed by atoms with Gasteiger partial charge in [0, 0.05) is 5.41 Å². The number of amides is 1. The first-order valence-corrected chi connectivity index (χ1v) is 9.13. The van der Waals surface area contributed by atoms with Crippen molar-refractivity contribution in [1.29, 1.82) is 0 Å². The van der Waals surface area contributed by atoms with Gasteiger partial charge in [-0.1, -0.05) is 48.5 Å². The van der Waals surface area contributed by atoms with Gasteiger partial charge in [0.1, 0.15) is 6.10 Å². The zero-order valence-electron chi connectivity index (χ0n) is 14.5. The highest BCUT2D eigenvalue weighted by Crippen LogP contribution is 2.62. The van der Waals surface area contributed by atoms with Gasteiger partial charge in [0.15, 0.2) is 0 Å². The molecule has 6 rings (SSSR count). The van der Waals surface area contributed by atoms with E-state index in [-0.39, 0.29) is 18.7 Å². The average Bonchev–Trinajstić information content (AvgIpc) is 2.97. The van der Waals surface area contributed by atoms with Crippen LogP contribution in [0.4, 0.5) is 4.79 Å². The van der Waals surface area contributed by atoms with Crippen LogP contribution in [0.1, 0.15) is 36.1 Å². The molecule has 4 aliphatic rings. The van der Waals surface area contributed by atoms with Crippen LogP contribution in [0.3, 0.4) is 0 Å². The second kappa shape index (κ2) is 4.89. The maximum Gasteiger partial charge on any atom is 0.411 e. The Kier molecular flexibility index (Phi) is 2.99. The standard InChI is InChI=1S/C21H18ClNO3/c1-20-12-7-3-5-9-14(12)21(2,15-10-6-4-8-13(15)20)18-17(20)23(11-16(22)24)19(25)26-18/h3-10,17-18H,11H2,1-2H3/t17-,18+,20?,21?/m0/s1. The van der Waals surface area contributed by atoms with Crippen LogP contribution in [0.25, 0.3) is 0 Å². The van der Waals surface area contributed by atoms with Gasteiger partial charge in [0.2, 0.25) is 5.24 Å². The van der Waals surface area contributed by atoms with E-state index in [2.05, 4.69) is 38.1 Å². The molecule has 2 atom stereocenters. The molecule has 3 aliphatic carbocycles. The zero-order chi connectivity index (χ0) is 18.3. The topological polar surface area (TPSA) is 46.6 Å². The van der Waals surface area contributed by atoms with E-state index in [1.54, 1.807) is 0 Å². The van der Waals surface area contributed by atoms with Crippen LogP contribution in [0.15, 0.2) is 48.5 Å². The monoisotopic (exact) mass is 367 g/mol. The average molecular weight is 368 g/mol. The van der Waals surface area contributed by atoms with Crippen molar-refractivity contribution in [2.24, 2.45) is 0 Å². The zero-order valence-corrected chi connectivity index (χ0v) is 15.3. The van der Waals surface area contributed by atoms with Gasteiger partial charge >= 0.3 is 6.09 Å². The number of nitrogens with zero attached hydrogens (tertiary/aromatic N) is 1. The molecule has 2 aromatic rings. The lowest BCUT2D eigenvalue weighted by atomic mass is 9.47. The van der Waals surface area contributed by atoms with Crippen molar-refractivity contribution in [1.82, 2.24) is 4.90 Å². The lowest BCUT2D eigenvalue weighted by Crippen LogP contribution is -2.66. The normalized spacial score (nSPS) is 33.3. The van der Waals surface area contributed by atoms with E-state index < -0.39 is 22.2 Å². The van der Waals surface area contributed by atoms with Crippen molar-refractivity contribution < 1.29 is 14.3 Å². The van der Waals surface area contributed by atoms with E-state index in [0.29, 0.717) is 0 Å². The summed E-state index contributed by atoms with van der Waals surface area (Å²) < 4.78 is 5.87. The summed E-state index contributed by atoms with van der Waals surface area (Å²) in [6, 6.07) is 16.4. The number of carbonyl (C=O) groups excluding carboxylic acids is 2. The maximum atomic E-state index is 12.7. The smallest absolute Gasteiger partial charge is 0.411 e. The summed E-state index contributed by atoms with van der Waals surface area (Å²) in [7, 11) is 0. The number of hydrogen-bond acceptors (Lipinski definition) is 3. The summed E-state index contributed by atoms with van der Waals surface area (Å²) in [5, 5.41) is -0.556. The molecule has 1 aliphatic heterocycles. The van der Waals surface area contributed by atoms with Gasteiger partial charge in [-0.05, 0) is 47.7 Å². The summed E-state index contributed by atoms with van der Waals surface area (Å²) >= 11 is 5.65. The number of carbonyl (C=O) groups is 2. The third-order valence-corrected chi connectivity index (χ3v) is 6.75. The number of hydrogen-bond donors (Lipinski definition) is 0. The lowest BCUT2D eigenvalue weighted by Gasteiger charge is -2.58. The Morgan fingerprint density at radius 3 is 1.92 bits per heavy atom. The van der Waals surface area contributed by atoms with Crippen molar-refractivity contribution in [2.45, 2.75) is 36.8 Å². The van der Waals surface area contributed by atoms with E-state index in [9.17, 15) is 9.59 Å². The second-order valence-corrected chi connectivity index (χ2v) is 8.15. The fourth-order valence-electron chi connectivity index (χ4n) is 5.56. The molecule has 1 heterocycles. The predicted molar refractivity (Wildman–Crippen MR) is 97.4 cm³/mol. The van der Waals surface area contributed by atoms with E-state index in [4.69, 9.17) is 16.3 Å². The fraction of sp³-hybridized carbons (Fsp3) is 0.333. The Morgan fingerprint density at radius 1 is 1.00 bits per heavy atom. The second-order valence-electron chi connectivity index (χ2n) is 7.73. The molecule has 5 heteroatoms. The van der Waals surface area contributed by atoms with Crippen LogP contribution in [0.5, 0.6) is 0 Å². The van der Waals surface area contributed by atoms with Crippen molar-refractivity contribution in [3.8, 4) is 0 Å². The molecule has 2 bridgehead atoms. The quantitative estimate of drug-likeness (QED) is 0.762. The molecule has 132 valence electrons. The van der Waals surface area contributed by atoms with Crippen LogP contribution < -0.4 is 0 Å². The first-order valence-electron chi connectivity index (χ1n) is 8.75. The van der Waals surface area contributed by atoms with Gasteiger partial charge in [-0.3, -0.25) is 9.69 Å². The fourth-order valence-corrected chi connectivity index (χ4v) is 5.68. The van der Waals surface area contributed by atoms with Gasteiger partial charge in [0.25, 0.3) is 0 Å². The van der Waals surface area contributed by atoms with Crippen molar-refractivity contribution >= 4 is 22.9 Å². The highest BCUT2D eigenvalue weighted by Gasteiger charge is 2.68. The number of rotatable bonds is 2. The van der Waals surface area contributed by atoms with Crippen LogP contribution in [0, 0.1) is 0 Å². The molecule has 4 nitrogen and oxygen atoms in total. The number of ether oxygens (including phenoxy) is 1. The lowest BCUT2D eigenvalue weighted by molar-refractivity contribution is -0.112. The molecule has 0 aromatic heterocycles. The molecule has 1 amide bonds. The molecule has 26 heavy (non-hydrogen) atoms. The van der Waals surface area contributed by atoms with E-state index in [1.165, 1.54) is 27.2 Å². The highest BCUT2D eigenvalue weighted by molar-refractivity contribution is 6.64. The Balaban J connectivity index is 1.85. The number of benzene rings is 2. The molecule has 0 unspecified atom stereocenters. The third kappa shape index (κ3) is 1.62. The van der Waals surface area contributed by atoms with Gasteiger partial charge in [0.05, 0.1) is 18.0 Å². The predicted octanol–water partition coefficient (Wildman–Crippen LogP) is 3.58. The number of halogens is 1. The minimum atomic E-state index is -0.556. The summed E-state index contributed by atoms with van der Waals surface area (Å²) in [6.07, 6.45) is -0.826. The molecule has 0 N–H and O–H groups in total. The Labute approximate surface area is 156 Å². The van der Waals surface area contributed by atoms with Crippen LogP contribution in [-0.2, 0) is 20.4 Å². The van der Waals surface area contributed by atoms with E-state index in [0.717, 1.165) is 0 Å². The molecule has 1 saturated heterocycles. The van der Waals surface area contributed by atoms with E-state index in [1.807, 2.05) is 24.3 Å². The summed E-state index contributed by atoms with van der Waals surface area (Å²) in [5.74, 6) is 0. The van der Waals surface area contributed by atoms with Gasteiger partial charge < -0.3 is 4.74 Å². The van der Waals surface area contributed by atoms with E-state index >= 15 is 0 Å². The largest absolute Gasteiger partial charge is 0.443 e. The molecular weight excluding hydrogens is 350 g/mol. The minimum Gasteiger partial charge on any atom is -0.443 e. The Bertz CT molecular complexity index is 922. The van der Waals surface area contributed by atoms with Gasteiger partial charge in [-0.15, -0.1) is 0 Å². The summed E-state index contributed by atoms with van der Waals surface area (Å²) in [5.41, 5.74) is 3.83. The molecule has 2 aromatic carbocycles. The molecule has 0 spiro atoms. The molecule has 0 saturated carbocycles. The first kappa shape index (κ1) is 15.9. The van der Waals surface area contributed by atoms with Crippen LogP contribution >= 0.6 is 11.6 Å². The molecular formula is C21H18ClNO3. The van der Waals surface area contributed by atoms with Crippen molar-refractivity contribution in [3.63, 3.8) is 0 Å². The van der Waals surface area contributed by atoms with Crippen LogP contribution in [0.2, 0.25) is 0 Å². The Morgan fingerprint density at radius 2 is 1.46 bits per heavy atom. The Hall–Kier alpha value is -2.33. The summed E-state index contributed by atoms with van der Waals surface area (Å²) in [4.78, 5) is 25.8. The minimum absolute atomic E-state index is 0.141. The van der Waals surface area contributed by atoms with Crippen LogP contribution in [-0.4, -0.2) is 34.9 Å². The van der Waals surface area contributed by atoms with Crippen molar-refractivity contribution in [2.75, 3.05) is 6.54 Å². The highest BCUT2D eigenvalue weighted by atomic mass is 35.5. The van der Waals surface area contributed by atoms with Crippen molar-refractivity contribution in [3.05, 3.63) is 70.8 Å². The maximum absolute atomic E-state index is 12.7. The third-order valence-electron chi connectivity index (χ3n) is 6.63. The molecule has 1 fully saturated rings.